The van der Waals surface area contributed by atoms with Crippen LogP contribution in [0, 0.1) is 16.0 Å². The van der Waals surface area contributed by atoms with Gasteiger partial charge in [-0.2, -0.15) is 0 Å². The van der Waals surface area contributed by atoms with E-state index >= 15 is 0 Å². The van der Waals surface area contributed by atoms with Gasteiger partial charge in [-0.25, -0.2) is 0 Å². The number of nitro groups is 1. The number of hydrogen-bond acceptors (Lipinski definition) is 4. The predicted octanol–water partition coefficient (Wildman–Crippen LogP) is 1.19. The zero-order valence-corrected chi connectivity index (χ0v) is 8.65. The van der Waals surface area contributed by atoms with Gasteiger partial charge in [0, 0.05) is 18.3 Å². The van der Waals surface area contributed by atoms with Crippen molar-refractivity contribution in [1.82, 2.24) is 0 Å². The molecule has 2 rings (SSSR count). The molecule has 0 unspecified atom stereocenters. The third-order valence-corrected chi connectivity index (χ3v) is 3.17. The molecule has 0 radical (unpaired) electrons. The van der Waals surface area contributed by atoms with Gasteiger partial charge >= 0.3 is 0 Å². The molecule has 0 aromatic heterocycles. The van der Waals surface area contributed by atoms with Crippen molar-refractivity contribution >= 4 is 0 Å². The largest absolute Gasteiger partial charge is 0.348 e. The van der Waals surface area contributed by atoms with Crippen molar-refractivity contribution in [3.05, 3.63) is 10.1 Å². The molecule has 2 aliphatic rings. The highest BCUT2D eigenvalue weighted by Crippen LogP contribution is 2.51. The average molecular weight is 201 g/mol. The van der Waals surface area contributed by atoms with Gasteiger partial charge in [-0.05, 0) is 13.8 Å². The van der Waals surface area contributed by atoms with Crippen LogP contribution in [0.5, 0.6) is 0 Å². The summed E-state index contributed by atoms with van der Waals surface area (Å²) in [4.78, 5) is 10.5. The second-order valence-corrected chi connectivity index (χ2v) is 4.79. The van der Waals surface area contributed by atoms with Crippen LogP contribution in [0.2, 0.25) is 0 Å². The Labute approximate surface area is 82.5 Å². The molecule has 1 saturated carbocycles. The maximum Gasteiger partial charge on any atom is 0.225 e. The molecule has 5 nitrogen and oxygen atoms in total. The molecule has 0 amide bonds. The van der Waals surface area contributed by atoms with Crippen LogP contribution in [0.3, 0.4) is 0 Å². The fraction of sp³-hybridized carbons (Fsp3) is 1.00. The summed E-state index contributed by atoms with van der Waals surface area (Å²) in [6, 6.07) is 0. The van der Waals surface area contributed by atoms with Crippen molar-refractivity contribution in [2.75, 3.05) is 6.61 Å². The van der Waals surface area contributed by atoms with Crippen LogP contribution in [0.4, 0.5) is 0 Å². The maximum atomic E-state index is 10.7. The fourth-order valence-electron chi connectivity index (χ4n) is 2.04. The van der Waals surface area contributed by atoms with Crippen molar-refractivity contribution in [2.45, 2.75) is 44.6 Å². The maximum absolute atomic E-state index is 10.7. The molecule has 0 N–H and O–H groups in total. The third-order valence-electron chi connectivity index (χ3n) is 3.17. The smallest absolute Gasteiger partial charge is 0.225 e. The van der Waals surface area contributed by atoms with Crippen molar-refractivity contribution < 1.29 is 14.4 Å². The van der Waals surface area contributed by atoms with Gasteiger partial charge in [0.05, 0.1) is 18.6 Å². The molecule has 1 aliphatic heterocycles. The van der Waals surface area contributed by atoms with Gasteiger partial charge in [0.1, 0.15) is 0 Å². The zero-order valence-electron chi connectivity index (χ0n) is 8.65. The van der Waals surface area contributed by atoms with Gasteiger partial charge in [-0.1, -0.05) is 0 Å². The summed E-state index contributed by atoms with van der Waals surface area (Å²) in [5.74, 6) is -0.565. The fourth-order valence-corrected chi connectivity index (χ4v) is 2.04. The normalized spacial score (nSPS) is 45.1. The number of nitrogens with zero attached hydrogens (tertiary/aromatic N) is 1. The minimum Gasteiger partial charge on any atom is -0.348 e. The first-order valence-electron chi connectivity index (χ1n) is 4.81. The van der Waals surface area contributed by atoms with Gasteiger partial charge in [-0.15, -0.1) is 0 Å². The van der Waals surface area contributed by atoms with Gasteiger partial charge < -0.3 is 9.47 Å². The number of rotatable bonds is 2. The minimum atomic E-state index is -0.783. The summed E-state index contributed by atoms with van der Waals surface area (Å²) in [6.07, 6.45) is 0.491. The molecule has 0 aromatic rings. The van der Waals surface area contributed by atoms with Crippen LogP contribution in [-0.2, 0) is 9.47 Å². The highest BCUT2D eigenvalue weighted by molar-refractivity contribution is 5.05. The highest BCUT2D eigenvalue weighted by atomic mass is 16.7. The first kappa shape index (κ1) is 9.86. The average Bonchev–Trinajstić information content (AvgIpc) is 2.61. The molecule has 0 spiro atoms. The molecule has 80 valence electrons. The Kier molecular flexibility index (Phi) is 1.88. The molecule has 3 atom stereocenters. The van der Waals surface area contributed by atoms with E-state index in [1.165, 1.54) is 0 Å². The summed E-state index contributed by atoms with van der Waals surface area (Å²) in [7, 11) is 0. The first-order valence-corrected chi connectivity index (χ1v) is 4.81. The first-order chi connectivity index (χ1) is 6.35. The Morgan fingerprint density at radius 3 is 2.43 bits per heavy atom. The Morgan fingerprint density at radius 2 is 2.07 bits per heavy atom. The molecular weight excluding hydrogens is 186 g/mol. The second-order valence-electron chi connectivity index (χ2n) is 4.79. The molecular formula is C9H15NO4. The van der Waals surface area contributed by atoms with Gasteiger partial charge in [0.15, 0.2) is 5.79 Å². The van der Waals surface area contributed by atoms with Crippen LogP contribution < -0.4 is 0 Å². The lowest BCUT2D eigenvalue weighted by Crippen LogP contribution is -2.28. The minimum absolute atomic E-state index is 0.0132. The van der Waals surface area contributed by atoms with Crippen LogP contribution >= 0.6 is 0 Å². The monoisotopic (exact) mass is 201 g/mol. The van der Waals surface area contributed by atoms with Crippen LogP contribution in [0.15, 0.2) is 0 Å². The predicted molar refractivity (Wildman–Crippen MR) is 48.4 cm³/mol. The molecule has 1 saturated heterocycles. The van der Waals surface area contributed by atoms with Crippen LogP contribution in [0.1, 0.15) is 27.2 Å². The van der Waals surface area contributed by atoms with E-state index < -0.39 is 11.3 Å². The summed E-state index contributed by atoms with van der Waals surface area (Å²) < 4.78 is 11.0. The molecule has 1 heterocycles. The molecule has 0 aromatic carbocycles. The number of ether oxygens (including phenoxy) is 2. The summed E-state index contributed by atoms with van der Waals surface area (Å²) in [5.41, 5.74) is -0.783. The summed E-state index contributed by atoms with van der Waals surface area (Å²) in [6.45, 7) is 5.81. The van der Waals surface area contributed by atoms with E-state index in [0.29, 0.717) is 13.0 Å². The van der Waals surface area contributed by atoms with E-state index in [4.69, 9.17) is 9.47 Å². The Morgan fingerprint density at radius 1 is 1.43 bits per heavy atom. The lowest BCUT2D eigenvalue weighted by atomic mass is 10.1. The Balaban J connectivity index is 1.98. The topological polar surface area (TPSA) is 61.6 Å². The van der Waals surface area contributed by atoms with Gasteiger partial charge in [-0.3, -0.25) is 10.1 Å². The summed E-state index contributed by atoms with van der Waals surface area (Å²) in [5, 5.41) is 10.7. The van der Waals surface area contributed by atoms with E-state index in [2.05, 4.69) is 0 Å². The van der Waals surface area contributed by atoms with Crippen molar-refractivity contribution in [2.24, 2.45) is 5.92 Å². The SMILES string of the molecule is CC1(C)OC[C@@H]([C@H]2C[C@]2(C)[N+](=O)[O-])O1. The van der Waals surface area contributed by atoms with Gasteiger partial charge in [0.25, 0.3) is 0 Å². The second kappa shape index (κ2) is 2.67. The van der Waals surface area contributed by atoms with Crippen molar-refractivity contribution in [3.63, 3.8) is 0 Å². The standard InChI is InChI=1S/C9H15NO4/c1-8(2)13-5-7(14-8)6-4-9(6,3)10(11)12/h6-7H,4-5H2,1-3H3/t6-,7+,9+/m1/s1. The van der Waals surface area contributed by atoms with Crippen LogP contribution in [-0.4, -0.2) is 29.0 Å². The Hall–Kier alpha value is -0.680. The zero-order chi connectivity index (χ0) is 10.6. The van der Waals surface area contributed by atoms with Gasteiger partial charge in [0.2, 0.25) is 5.54 Å². The van der Waals surface area contributed by atoms with E-state index in [9.17, 15) is 10.1 Å². The molecule has 14 heavy (non-hydrogen) atoms. The van der Waals surface area contributed by atoms with Crippen molar-refractivity contribution in [3.8, 4) is 0 Å². The molecule has 0 bridgehead atoms. The molecule has 2 fully saturated rings. The van der Waals surface area contributed by atoms with Crippen LogP contribution in [0.25, 0.3) is 0 Å². The lowest BCUT2D eigenvalue weighted by Gasteiger charge is -2.17. The van der Waals surface area contributed by atoms with E-state index in [1.54, 1.807) is 6.92 Å². The number of hydrogen-bond donors (Lipinski definition) is 0. The van der Waals surface area contributed by atoms with E-state index in [0.717, 1.165) is 0 Å². The molecule has 1 aliphatic carbocycles. The lowest BCUT2D eigenvalue weighted by molar-refractivity contribution is -0.538. The summed E-state index contributed by atoms with van der Waals surface area (Å²) >= 11 is 0. The Bertz CT molecular complexity index is 278. The molecule has 5 heteroatoms. The highest BCUT2D eigenvalue weighted by Gasteiger charge is 2.67. The van der Waals surface area contributed by atoms with E-state index in [-0.39, 0.29) is 16.9 Å². The quantitative estimate of drug-likeness (QED) is 0.497. The van der Waals surface area contributed by atoms with Crippen molar-refractivity contribution in [1.29, 1.82) is 0 Å². The van der Waals surface area contributed by atoms with E-state index in [1.807, 2.05) is 13.8 Å². The third kappa shape index (κ3) is 1.40.